The Morgan fingerprint density at radius 2 is 2.02 bits per heavy atom. The van der Waals surface area contributed by atoms with E-state index >= 15 is 0 Å². The number of anilines is 1. The monoisotopic (exact) mass is 628 g/mol. The quantitative estimate of drug-likeness (QED) is 0.105. The molecule has 0 spiro atoms. The summed E-state index contributed by atoms with van der Waals surface area (Å²) in [4.78, 5) is 74.7. The molecule has 0 unspecified atom stereocenters. The molecule has 3 aliphatic heterocycles. The molecule has 18 heteroatoms. The van der Waals surface area contributed by atoms with Crippen molar-refractivity contribution in [2.75, 3.05) is 31.7 Å². The highest BCUT2D eigenvalue weighted by Gasteiger charge is 2.55. The van der Waals surface area contributed by atoms with Crippen molar-refractivity contribution < 1.29 is 46.7 Å². The summed E-state index contributed by atoms with van der Waals surface area (Å²) in [5.74, 6) is -6.04. The van der Waals surface area contributed by atoms with Gasteiger partial charge in [-0.05, 0) is 36.8 Å². The van der Waals surface area contributed by atoms with Crippen molar-refractivity contribution in [2.24, 2.45) is 11.1 Å². The Labute approximate surface area is 243 Å². The van der Waals surface area contributed by atoms with Crippen LogP contribution in [0.4, 0.5) is 18.3 Å². The Morgan fingerprint density at radius 3 is 2.64 bits per heavy atom. The van der Waals surface area contributed by atoms with Gasteiger partial charge in [0.05, 0.1) is 0 Å². The number of amides is 3. The summed E-state index contributed by atoms with van der Waals surface area (Å²) in [6.45, 7) is 1.04. The van der Waals surface area contributed by atoms with Crippen LogP contribution in [0.2, 0.25) is 0 Å². The van der Waals surface area contributed by atoms with Crippen molar-refractivity contribution in [3.63, 3.8) is 0 Å². The number of esters is 2. The SMILES string of the molecule is CO/N=C(\C(=O)N[C@@H]1C(=O)N2C(C(=O)OC(=O)C(F)(F)F)=C(C=C3CCN(CC4CC4)C3=O)CS[C@H]12)c1csc(N)n1. The first-order valence-corrected chi connectivity index (χ1v) is 14.5. The molecule has 224 valence electrons. The van der Waals surface area contributed by atoms with Gasteiger partial charge in [-0.3, -0.25) is 19.3 Å². The van der Waals surface area contributed by atoms with E-state index in [4.69, 9.17) is 10.6 Å². The van der Waals surface area contributed by atoms with Crippen LogP contribution in [0, 0.1) is 5.92 Å². The van der Waals surface area contributed by atoms with Crippen LogP contribution in [0.15, 0.2) is 33.5 Å². The van der Waals surface area contributed by atoms with E-state index in [0.29, 0.717) is 31.0 Å². The van der Waals surface area contributed by atoms with Gasteiger partial charge < -0.3 is 25.5 Å². The summed E-state index contributed by atoms with van der Waals surface area (Å²) in [6, 6.07) is -1.22. The van der Waals surface area contributed by atoms with Gasteiger partial charge in [-0.15, -0.1) is 23.1 Å². The number of allylic oxidation sites excluding steroid dienone is 1. The molecule has 0 aromatic carbocycles. The molecule has 42 heavy (non-hydrogen) atoms. The Hall–Kier alpha value is -3.93. The number of alkyl halides is 3. The maximum Gasteiger partial charge on any atom is 0.491 e. The smallest absolute Gasteiger partial charge is 0.398 e. The fourth-order valence-corrected chi connectivity index (χ4v) is 6.49. The molecule has 2 atom stereocenters. The molecule has 3 N–H and O–H groups in total. The van der Waals surface area contributed by atoms with Gasteiger partial charge in [-0.2, -0.15) is 13.2 Å². The Bertz CT molecular complexity index is 1450. The molecule has 1 saturated carbocycles. The van der Waals surface area contributed by atoms with Gasteiger partial charge >= 0.3 is 18.1 Å². The molecule has 3 amide bonds. The van der Waals surface area contributed by atoms with Crippen molar-refractivity contribution in [1.82, 2.24) is 20.1 Å². The minimum atomic E-state index is -5.46. The normalized spacial score (nSPS) is 23.6. The van der Waals surface area contributed by atoms with Crippen LogP contribution in [0.1, 0.15) is 25.0 Å². The third kappa shape index (κ3) is 5.85. The summed E-state index contributed by atoms with van der Waals surface area (Å²) in [6.07, 6.45) is -1.71. The fourth-order valence-electron chi connectivity index (χ4n) is 4.63. The minimum Gasteiger partial charge on any atom is -0.398 e. The molecule has 0 radical (unpaired) electrons. The van der Waals surface area contributed by atoms with Crippen LogP contribution < -0.4 is 11.1 Å². The maximum absolute atomic E-state index is 13.2. The lowest BCUT2D eigenvalue weighted by atomic mass is 10.0. The lowest BCUT2D eigenvalue weighted by molar-refractivity contribution is -0.201. The van der Waals surface area contributed by atoms with Crippen LogP contribution in [-0.2, 0) is 33.5 Å². The van der Waals surface area contributed by atoms with Crippen molar-refractivity contribution >= 4 is 63.6 Å². The van der Waals surface area contributed by atoms with E-state index < -0.39 is 47.0 Å². The van der Waals surface area contributed by atoms with Gasteiger partial charge in [0.25, 0.3) is 11.8 Å². The fraction of sp³-hybridized carbons (Fsp3) is 0.458. The number of thioether (sulfide) groups is 1. The lowest BCUT2D eigenvalue weighted by Crippen LogP contribution is -2.71. The number of hydrogen-bond donors (Lipinski definition) is 2. The van der Waals surface area contributed by atoms with E-state index in [-0.39, 0.29) is 33.8 Å². The number of nitrogen functional groups attached to an aromatic ring is 1. The molecular weight excluding hydrogens is 605 g/mol. The third-order valence-corrected chi connectivity index (χ3v) is 8.77. The molecule has 2 saturated heterocycles. The molecule has 5 rings (SSSR count). The number of thiazole rings is 1. The summed E-state index contributed by atoms with van der Waals surface area (Å²) >= 11 is 2.13. The number of rotatable bonds is 8. The van der Waals surface area contributed by atoms with Crippen molar-refractivity contribution in [2.45, 2.75) is 36.9 Å². The van der Waals surface area contributed by atoms with Crippen LogP contribution in [0.3, 0.4) is 0 Å². The summed E-state index contributed by atoms with van der Waals surface area (Å²) in [5, 5.41) is 6.76. The topological polar surface area (TPSA) is 174 Å². The number of aromatic nitrogens is 1. The molecule has 4 aliphatic rings. The number of fused-ring (bicyclic) bond motifs is 1. The molecule has 1 aromatic rings. The number of likely N-dealkylation sites (tertiary alicyclic amines) is 1. The molecule has 1 aliphatic carbocycles. The summed E-state index contributed by atoms with van der Waals surface area (Å²) in [7, 11) is 1.19. The number of carbonyl (C=O) groups excluding carboxylic acids is 5. The highest BCUT2D eigenvalue weighted by molar-refractivity contribution is 8.00. The number of ether oxygens (including phenoxy) is 1. The van der Waals surface area contributed by atoms with E-state index in [1.165, 1.54) is 18.6 Å². The van der Waals surface area contributed by atoms with Crippen LogP contribution >= 0.6 is 23.1 Å². The number of β-lactam (4-membered cyclic amide) rings is 1. The second-order valence-electron chi connectivity index (χ2n) is 9.72. The van der Waals surface area contributed by atoms with E-state index in [2.05, 4.69) is 20.2 Å². The molecular formula is C24H23F3N6O7S2. The van der Waals surface area contributed by atoms with Gasteiger partial charge in [0, 0.05) is 29.8 Å². The zero-order valence-electron chi connectivity index (χ0n) is 21.8. The number of oxime groups is 1. The van der Waals surface area contributed by atoms with Crippen LogP contribution in [-0.4, -0.2) is 93.7 Å². The number of halogens is 3. The Kier molecular flexibility index (Phi) is 8.02. The van der Waals surface area contributed by atoms with Crippen LogP contribution in [0.5, 0.6) is 0 Å². The second-order valence-corrected chi connectivity index (χ2v) is 11.7. The minimum absolute atomic E-state index is 0.0352. The first kappa shape index (κ1) is 29.6. The van der Waals surface area contributed by atoms with Gasteiger partial charge in [-0.25, -0.2) is 14.6 Å². The van der Waals surface area contributed by atoms with Crippen LogP contribution in [0.25, 0.3) is 0 Å². The molecule has 3 fully saturated rings. The molecule has 0 bridgehead atoms. The van der Waals surface area contributed by atoms with Crippen molar-refractivity contribution in [1.29, 1.82) is 0 Å². The van der Waals surface area contributed by atoms with Gasteiger partial charge in [0.2, 0.25) is 5.91 Å². The lowest BCUT2D eigenvalue weighted by Gasteiger charge is -2.49. The zero-order chi connectivity index (χ0) is 30.3. The number of carbonyl (C=O) groups is 5. The Balaban J connectivity index is 1.40. The number of nitrogens with one attached hydrogen (secondary N) is 1. The molecule has 13 nitrogen and oxygen atoms in total. The highest BCUT2D eigenvalue weighted by atomic mass is 32.2. The largest absolute Gasteiger partial charge is 0.491 e. The predicted molar refractivity (Wildman–Crippen MR) is 141 cm³/mol. The summed E-state index contributed by atoms with van der Waals surface area (Å²) < 4.78 is 42.7. The van der Waals surface area contributed by atoms with E-state index in [1.54, 1.807) is 4.90 Å². The zero-order valence-corrected chi connectivity index (χ0v) is 23.4. The third-order valence-electron chi connectivity index (χ3n) is 6.79. The predicted octanol–water partition coefficient (Wildman–Crippen LogP) is 0.931. The Morgan fingerprint density at radius 1 is 1.29 bits per heavy atom. The van der Waals surface area contributed by atoms with Gasteiger partial charge in [0.1, 0.15) is 29.9 Å². The number of nitrogens with two attached hydrogens (primary N) is 1. The van der Waals surface area contributed by atoms with E-state index in [0.717, 1.165) is 40.8 Å². The first-order chi connectivity index (χ1) is 19.9. The average molecular weight is 629 g/mol. The van der Waals surface area contributed by atoms with E-state index in [9.17, 15) is 37.1 Å². The van der Waals surface area contributed by atoms with Crippen molar-refractivity contribution in [3.05, 3.63) is 34.0 Å². The average Bonchev–Trinajstić information content (AvgIpc) is 3.56. The maximum atomic E-state index is 13.2. The number of nitrogens with zero attached hydrogens (tertiary/aromatic N) is 4. The second kappa shape index (κ2) is 11.4. The van der Waals surface area contributed by atoms with Gasteiger partial charge in [0.15, 0.2) is 10.8 Å². The highest BCUT2D eigenvalue weighted by Crippen LogP contribution is 2.42. The standard InChI is InChI=1S/C24H23F3N6O7S2/c1-39-31-14(13-9-42-23(28)29-13)17(34)30-15-19(36)33-16(21(37)40-22(38)24(25,26)27)12(8-41-20(15)33)6-11-4-5-32(18(11)35)7-10-2-3-10/h6,9-10,15,20H,2-5,7-8H2,1H3,(H2,28,29)(H,30,34)/b11-6?,31-14-/t15-,20-/m1/s1. The summed E-state index contributed by atoms with van der Waals surface area (Å²) in [5.41, 5.74) is 5.17. The van der Waals surface area contributed by atoms with Gasteiger partial charge in [-0.1, -0.05) is 5.16 Å². The number of hydrogen-bond acceptors (Lipinski definition) is 12. The first-order valence-electron chi connectivity index (χ1n) is 12.5. The molecule has 4 heterocycles. The van der Waals surface area contributed by atoms with E-state index in [1.807, 2.05) is 0 Å². The molecule has 1 aromatic heterocycles. The van der Waals surface area contributed by atoms with Crippen molar-refractivity contribution in [3.8, 4) is 0 Å².